The molecule has 0 aliphatic carbocycles. The molecule has 11 heavy (non-hydrogen) atoms. The first-order chi connectivity index (χ1) is 4.83. The Kier molecular flexibility index (Phi) is 3.30. The molecule has 0 rings (SSSR count). The van der Waals surface area contributed by atoms with Gasteiger partial charge in [0.2, 0.25) is 0 Å². The molecule has 0 saturated carbocycles. The molecule has 0 radical (unpaired) electrons. The first-order valence-corrected chi connectivity index (χ1v) is 3.65. The zero-order chi connectivity index (χ0) is 9.07. The molecular formula is C9H16O2. The average Bonchev–Trinajstić information content (AvgIpc) is 1.80. The number of rotatable bonds is 2. The van der Waals surface area contributed by atoms with Gasteiger partial charge in [-0.1, -0.05) is 27.4 Å². The van der Waals surface area contributed by atoms with Crippen LogP contribution >= 0.6 is 0 Å². The summed E-state index contributed by atoms with van der Waals surface area (Å²) in [5.41, 5.74) is 0.486. The van der Waals surface area contributed by atoms with E-state index in [1.54, 1.807) is 6.92 Å². The summed E-state index contributed by atoms with van der Waals surface area (Å²) in [6.45, 7) is 11.6. The molecule has 0 aromatic heterocycles. The Labute approximate surface area is 68.2 Å². The van der Waals surface area contributed by atoms with Crippen molar-refractivity contribution in [2.45, 2.75) is 27.7 Å². The molecule has 0 bridgehead atoms. The minimum Gasteiger partial charge on any atom is -0.462 e. The topological polar surface area (TPSA) is 26.3 Å². The number of hydrogen-bond acceptors (Lipinski definition) is 2. The van der Waals surface area contributed by atoms with E-state index in [4.69, 9.17) is 4.74 Å². The second-order valence-electron chi connectivity index (χ2n) is 3.92. The lowest BCUT2D eigenvalue weighted by molar-refractivity contribution is -0.141. The van der Waals surface area contributed by atoms with Gasteiger partial charge in [0.05, 0.1) is 6.61 Å². The van der Waals surface area contributed by atoms with Crippen molar-refractivity contribution in [1.29, 1.82) is 0 Å². The number of carbonyl (C=O) groups is 1. The zero-order valence-electron chi connectivity index (χ0n) is 7.73. The largest absolute Gasteiger partial charge is 0.462 e. The Hall–Kier alpha value is -0.790. The molecule has 0 fully saturated rings. The van der Waals surface area contributed by atoms with E-state index in [-0.39, 0.29) is 11.4 Å². The summed E-state index contributed by atoms with van der Waals surface area (Å²) in [5, 5.41) is 0. The lowest BCUT2D eigenvalue weighted by Gasteiger charge is -2.17. The van der Waals surface area contributed by atoms with E-state index in [1.165, 1.54) is 0 Å². The van der Waals surface area contributed by atoms with E-state index < -0.39 is 0 Å². The van der Waals surface area contributed by atoms with Crippen LogP contribution in [0.5, 0.6) is 0 Å². The lowest BCUT2D eigenvalue weighted by Crippen LogP contribution is -2.18. The zero-order valence-corrected chi connectivity index (χ0v) is 7.73. The number of ether oxygens (including phenoxy) is 1. The maximum atomic E-state index is 10.9. The third-order valence-electron chi connectivity index (χ3n) is 0.985. The second kappa shape index (κ2) is 3.56. The van der Waals surface area contributed by atoms with Gasteiger partial charge in [-0.25, -0.2) is 4.79 Å². The van der Waals surface area contributed by atoms with E-state index in [0.29, 0.717) is 12.2 Å². The fourth-order valence-corrected chi connectivity index (χ4v) is 0.405. The number of esters is 1. The molecule has 0 unspecified atom stereocenters. The highest BCUT2D eigenvalue weighted by Gasteiger charge is 2.13. The molecule has 64 valence electrons. The fourth-order valence-electron chi connectivity index (χ4n) is 0.405. The van der Waals surface area contributed by atoms with E-state index >= 15 is 0 Å². The van der Waals surface area contributed by atoms with Crippen LogP contribution in [0.4, 0.5) is 0 Å². The van der Waals surface area contributed by atoms with Gasteiger partial charge in [-0.2, -0.15) is 0 Å². The maximum Gasteiger partial charge on any atom is 0.333 e. The van der Waals surface area contributed by atoms with E-state index in [9.17, 15) is 4.79 Å². The first kappa shape index (κ1) is 10.2. The van der Waals surface area contributed by atoms with Crippen molar-refractivity contribution in [3.8, 4) is 0 Å². The molecule has 0 N–H and O–H groups in total. The molecule has 0 atom stereocenters. The van der Waals surface area contributed by atoms with Gasteiger partial charge in [0, 0.05) is 5.57 Å². The molecule has 0 amide bonds. The Morgan fingerprint density at radius 3 is 2.18 bits per heavy atom. The summed E-state index contributed by atoms with van der Waals surface area (Å²) in [5.74, 6) is -0.306. The van der Waals surface area contributed by atoms with E-state index in [0.717, 1.165) is 0 Å². The monoisotopic (exact) mass is 156 g/mol. The fraction of sp³-hybridized carbons (Fsp3) is 0.667. The van der Waals surface area contributed by atoms with E-state index in [2.05, 4.69) is 6.58 Å². The Morgan fingerprint density at radius 1 is 1.45 bits per heavy atom. The molecule has 0 aliphatic heterocycles. The predicted molar refractivity (Wildman–Crippen MR) is 45.2 cm³/mol. The molecular weight excluding hydrogens is 140 g/mol. The van der Waals surface area contributed by atoms with Gasteiger partial charge in [0.1, 0.15) is 0 Å². The normalized spacial score (nSPS) is 10.9. The molecule has 2 heteroatoms. The maximum absolute atomic E-state index is 10.9. The van der Waals surface area contributed by atoms with Crippen molar-refractivity contribution in [2.75, 3.05) is 6.61 Å². The Balaban J connectivity index is 3.73. The SMILES string of the molecule is C=C(C)C(=O)OCC(C)(C)C. The molecule has 0 aromatic rings. The third-order valence-corrected chi connectivity index (χ3v) is 0.985. The molecule has 0 spiro atoms. The van der Waals surface area contributed by atoms with Crippen LogP contribution in [0.2, 0.25) is 0 Å². The average molecular weight is 156 g/mol. The van der Waals surface area contributed by atoms with Crippen LogP contribution in [-0.2, 0) is 9.53 Å². The summed E-state index contributed by atoms with van der Waals surface area (Å²) < 4.78 is 4.93. The van der Waals surface area contributed by atoms with Crippen LogP contribution in [0.15, 0.2) is 12.2 Å². The van der Waals surface area contributed by atoms with Crippen molar-refractivity contribution in [3.63, 3.8) is 0 Å². The van der Waals surface area contributed by atoms with Crippen LogP contribution in [0, 0.1) is 5.41 Å². The summed E-state index contributed by atoms with van der Waals surface area (Å²) in [7, 11) is 0. The van der Waals surface area contributed by atoms with Crippen molar-refractivity contribution in [1.82, 2.24) is 0 Å². The highest BCUT2D eigenvalue weighted by Crippen LogP contribution is 2.13. The number of carbonyl (C=O) groups excluding carboxylic acids is 1. The predicted octanol–water partition coefficient (Wildman–Crippen LogP) is 2.15. The molecule has 0 aromatic carbocycles. The van der Waals surface area contributed by atoms with E-state index in [1.807, 2.05) is 20.8 Å². The van der Waals surface area contributed by atoms with Gasteiger partial charge in [0.15, 0.2) is 0 Å². The lowest BCUT2D eigenvalue weighted by atomic mass is 9.99. The third kappa shape index (κ3) is 5.64. The Bertz CT molecular complexity index is 163. The van der Waals surface area contributed by atoms with Gasteiger partial charge >= 0.3 is 5.97 Å². The van der Waals surface area contributed by atoms with Crippen molar-refractivity contribution >= 4 is 5.97 Å². The van der Waals surface area contributed by atoms with Crippen molar-refractivity contribution in [2.24, 2.45) is 5.41 Å². The van der Waals surface area contributed by atoms with Gasteiger partial charge in [-0.05, 0) is 12.3 Å². The van der Waals surface area contributed by atoms with Crippen LogP contribution in [0.25, 0.3) is 0 Å². The summed E-state index contributed by atoms with van der Waals surface area (Å²) >= 11 is 0. The summed E-state index contributed by atoms with van der Waals surface area (Å²) in [6, 6.07) is 0. The van der Waals surface area contributed by atoms with Crippen LogP contribution in [0.1, 0.15) is 27.7 Å². The minimum absolute atomic E-state index is 0.0328. The molecule has 0 heterocycles. The Morgan fingerprint density at radius 2 is 1.91 bits per heavy atom. The smallest absolute Gasteiger partial charge is 0.333 e. The van der Waals surface area contributed by atoms with Gasteiger partial charge in [-0.3, -0.25) is 0 Å². The first-order valence-electron chi connectivity index (χ1n) is 3.65. The molecule has 0 saturated heterocycles. The minimum atomic E-state index is -0.306. The van der Waals surface area contributed by atoms with Gasteiger partial charge in [-0.15, -0.1) is 0 Å². The van der Waals surface area contributed by atoms with Gasteiger partial charge in [0.25, 0.3) is 0 Å². The molecule has 2 nitrogen and oxygen atoms in total. The second-order valence-corrected chi connectivity index (χ2v) is 3.92. The van der Waals surface area contributed by atoms with Crippen LogP contribution in [-0.4, -0.2) is 12.6 Å². The van der Waals surface area contributed by atoms with Crippen molar-refractivity contribution < 1.29 is 9.53 Å². The highest BCUT2D eigenvalue weighted by atomic mass is 16.5. The van der Waals surface area contributed by atoms with Crippen molar-refractivity contribution in [3.05, 3.63) is 12.2 Å². The quantitative estimate of drug-likeness (QED) is 0.452. The summed E-state index contributed by atoms with van der Waals surface area (Å²) in [4.78, 5) is 10.9. The van der Waals surface area contributed by atoms with Crippen LogP contribution in [0.3, 0.4) is 0 Å². The van der Waals surface area contributed by atoms with Crippen LogP contribution < -0.4 is 0 Å². The molecule has 0 aliphatic rings. The number of hydrogen-bond donors (Lipinski definition) is 0. The van der Waals surface area contributed by atoms with Gasteiger partial charge < -0.3 is 4.74 Å². The highest BCUT2D eigenvalue weighted by molar-refractivity contribution is 5.86. The summed E-state index contributed by atoms with van der Waals surface area (Å²) in [6.07, 6.45) is 0. The standard InChI is InChI=1S/C9H16O2/c1-7(2)8(10)11-6-9(3,4)5/h1,6H2,2-5H3.